The van der Waals surface area contributed by atoms with Gasteiger partial charge in [0.15, 0.2) is 0 Å². The van der Waals surface area contributed by atoms with Gasteiger partial charge in [0.05, 0.1) is 0 Å². The van der Waals surface area contributed by atoms with E-state index in [9.17, 15) is 0 Å². The average molecular weight is 176 g/mol. The number of piperidine rings is 1. The zero-order chi connectivity index (χ0) is 9.10. The number of nitrogens with two attached hydrogens (primary N) is 1. The van der Waals surface area contributed by atoms with Gasteiger partial charge in [0.25, 0.3) is 0 Å². The summed E-state index contributed by atoms with van der Waals surface area (Å²) in [6.45, 7) is 2.37. The summed E-state index contributed by atoms with van der Waals surface area (Å²) in [5, 5.41) is 0. The fourth-order valence-electron chi connectivity index (χ4n) is 1.87. The van der Waals surface area contributed by atoms with Crippen LogP contribution in [0.5, 0.6) is 0 Å². The van der Waals surface area contributed by atoms with Gasteiger partial charge in [0.2, 0.25) is 0 Å². The maximum Gasteiger partial charge on any atom is 0.0386 e. The number of nitrogens with zero attached hydrogens (tertiary/aromatic N) is 1. The minimum absolute atomic E-state index is 0.864. The van der Waals surface area contributed by atoms with Gasteiger partial charge in [-0.1, -0.05) is 6.07 Å². The summed E-state index contributed by atoms with van der Waals surface area (Å²) in [4.78, 5) is 2.42. The van der Waals surface area contributed by atoms with E-state index in [0.717, 1.165) is 5.69 Å². The Balaban J connectivity index is 2.14. The minimum Gasteiger partial charge on any atom is -0.399 e. The van der Waals surface area contributed by atoms with Crippen LogP contribution in [0.25, 0.3) is 0 Å². The molecule has 2 rings (SSSR count). The average Bonchev–Trinajstić information content (AvgIpc) is 2.19. The van der Waals surface area contributed by atoms with Crippen molar-refractivity contribution in [1.82, 2.24) is 0 Å². The van der Waals surface area contributed by atoms with E-state index in [1.807, 2.05) is 12.1 Å². The van der Waals surface area contributed by atoms with E-state index in [4.69, 9.17) is 5.73 Å². The van der Waals surface area contributed by atoms with E-state index >= 15 is 0 Å². The molecule has 0 bridgehead atoms. The van der Waals surface area contributed by atoms with Crippen LogP contribution in [0.15, 0.2) is 24.3 Å². The Hall–Kier alpha value is -1.18. The van der Waals surface area contributed by atoms with Gasteiger partial charge in [-0.2, -0.15) is 0 Å². The Labute approximate surface area is 79.4 Å². The Morgan fingerprint density at radius 2 is 1.85 bits per heavy atom. The highest BCUT2D eigenvalue weighted by Crippen LogP contribution is 2.21. The maximum atomic E-state index is 5.74. The van der Waals surface area contributed by atoms with Gasteiger partial charge >= 0.3 is 0 Å². The van der Waals surface area contributed by atoms with Crippen molar-refractivity contribution in [2.24, 2.45) is 0 Å². The number of anilines is 2. The first-order valence-corrected chi connectivity index (χ1v) is 4.97. The number of hydrogen-bond donors (Lipinski definition) is 1. The first kappa shape index (κ1) is 8.42. The van der Waals surface area contributed by atoms with Gasteiger partial charge in [0.1, 0.15) is 0 Å². The molecule has 0 aromatic heterocycles. The fourth-order valence-corrected chi connectivity index (χ4v) is 1.87. The van der Waals surface area contributed by atoms with Crippen LogP contribution in [0, 0.1) is 0 Å². The van der Waals surface area contributed by atoms with Crippen LogP contribution in [-0.2, 0) is 0 Å². The Morgan fingerprint density at radius 1 is 1.08 bits per heavy atom. The van der Waals surface area contributed by atoms with Gasteiger partial charge in [-0.3, -0.25) is 0 Å². The molecule has 1 aromatic rings. The molecular weight excluding hydrogens is 160 g/mol. The SMILES string of the molecule is Nc1cccc(N2CCCCC2)c1. The molecule has 2 heteroatoms. The summed E-state index contributed by atoms with van der Waals surface area (Å²) < 4.78 is 0. The van der Waals surface area contributed by atoms with E-state index in [1.54, 1.807) is 0 Å². The molecule has 0 radical (unpaired) electrons. The molecule has 1 aliphatic rings. The highest BCUT2D eigenvalue weighted by molar-refractivity contribution is 5.55. The highest BCUT2D eigenvalue weighted by atomic mass is 15.1. The monoisotopic (exact) mass is 176 g/mol. The van der Waals surface area contributed by atoms with Crippen molar-refractivity contribution < 1.29 is 0 Å². The molecule has 0 atom stereocenters. The predicted octanol–water partition coefficient (Wildman–Crippen LogP) is 2.26. The summed E-state index contributed by atoms with van der Waals surface area (Å²) in [5.41, 5.74) is 7.88. The van der Waals surface area contributed by atoms with Crippen molar-refractivity contribution in [2.75, 3.05) is 23.7 Å². The second kappa shape index (κ2) is 3.69. The quantitative estimate of drug-likeness (QED) is 0.665. The largest absolute Gasteiger partial charge is 0.399 e. The molecule has 13 heavy (non-hydrogen) atoms. The molecule has 0 unspecified atom stereocenters. The molecule has 2 nitrogen and oxygen atoms in total. The van der Waals surface area contributed by atoms with Gasteiger partial charge in [-0.05, 0) is 37.5 Å². The topological polar surface area (TPSA) is 29.3 Å². The third kappa shape index (κ3) is 1.94. The van der Waals surface area contributed by atoms with E-state index in [2.05, 4.69) is 17.0 Å². The van der Waals surface area contributed by atoms with Crippen molar-refractivity contribution in [3.05, 3.63) is 24.3 Å². The molecule has 1 aromatic carbocycles. The summed E-state index contributed by atoms with van der Waals surface area (Å²) >= 11 is 0. The highest BCUT2D eigenvalue weighted by Gasteiger charge is 2.10. The van der Waals surface area contributed by atoms with Crippen molar-refractivity contribution in [3.8, 4) is 0 Å². The van der Waals surface area contributed by atoms with Crippen LogP contribution in [0.1, 0.15) is 19.3 Å². The molecule has 2 N–H and O–H groups in total. The van der Waals surface area contributed by atoms with E-state index in [1.165, 1.54) is 38.0 Å². The molecule has 1 fully saturated rings. The van der Waals surface area contributed by atoms with Gasteiger partial charge in [-0.15, -0.1) is 0 Å². The van der Waals surface area contributed by atoms with Crippen LogP contribution >= 0.6 is 0 Å². The van der Waals surface area contributed by atoms with Crippen molar-refractivity contribution in [3.63, 3.8) is 0 Å². The maximum absolute atomic E-state index is 5.74. The van der Waals surface area contributed by atoms with Gasteiger partial charge < -0.3 is 10.6 Å². The fraction of sp³-hybridized carbons (Fsp3) is 0.455. The Morgan fingerprint density at radius 3 is 2.54 bits per heavy atom. The van der Waals surface area contributed by atoms with Crippen LogP contribution in [-0.4, -0.2) is 13.1 Å². The lowest BCUT2D eigenvalue weighted by atomic mass is 10.1. The normalized spacial score (nSPS) is 17.4. The molecule has 70 valence electrons. The minimum atomic E-state index is 0.864. The zero-order valence-corrected chi connectivity index (χ0v) is 7.87. The second-order valence-corrected chi connectivity index (χ2v) is 3.64. The van der Waals surface area contributed by atoms with E-state index in [0.29, 0.717) is 0 Å². The van der Waals surface area contributed by atoms with Crippen LogP contribution in [0.3, 0.4) is 0 Å². The van der Waals surface area contributed by atoms with Crippen molar-refractivity contribution >= 4 is 11.4 Å². The number of nitrogen functional groups attached to an aromatic ring is 1. The summed E-state index contributed by atoms with van der Waals surface area (Å²) in [6, 6.07) is 8.17. The lowest BCUT2D eigenvalue weighted by Crippen LogP contribution is -2.29. The lowest BCUT2D eigenvalue weighted by molar-refractivity contribution is 0.578. The number of benzene rings is 1. The van der Waals surface area contributed by atoms with E-state index in [-0.39, 0.29) is 0 Å². The molecule has 1 saturated heterocycles. The smallest absolute Gasteiger partial charge is 0.0386 e. The molecular formula is C11H16N2. The van der Waals surface area contributed by atoms with Crippen LogP contribution in [0.4, 0.5) is 11.4 Å². The molecule has 0 aliphatic carbocycles. The van der Waals surface area contributed by atoms with Crippen molar-refractivity contribution in [2.45, 2.75) is 19.3 Å². The summed E-state index contributed by atoms with van der Waals surface area (Å²) in [7, 11) is 0. The van der Waals surface area contributed by atoms with Crippen molar-refractivity contribution in [1.29, 1.82) is 0 Å². The third-order valence-electron chi connectivity index (χ3n) is 2.59. The Kier molecular flexibility index (Phi) is 2.39. The predicted molar refractivity (Wildman–Crippen MR) is 56.9 cm³/mol. The number of rotatable bonds is 1. The van der Waals surface area contributed by atoms with Crippen LogP contribution in [0.2, 0.25) is 0 Å². The first-order chi connectivity index (χ1) is 6.36. The lowest BCUT2D eigenvalue weighted by Gasteiger charge is -2.28. The molecule has 0 saturated carbocycles. The standard InChI is InChI=1S/C11H16N2/c12-10-5-4-6-11(9-10)13-7-2-1-3-8-13/h4-6,9H,1-3,7-8,12H2. The number of hydrogen-bond acceptors (Lipinski definition) is 2. The van der Waals surface area contributed by atoms with Gasteiger partial charge in [-0.25, -0.2) is 0 Å². The third-order valence-corrected chi connectivity index (χ3v) is 2.59. The van der Waals surface area contributed by atoms with E-state index < -0.39 is 0 Å². The van der Waals surface area contributed by atoms with Gasteiger partial charge in [0, 0.05) is 24.5 Å². The summed E-state index contributed by atoms with van der Waals surface area (Å²) in [6.07, 6.45) is 4.00. The second-order valence-electron chi connectivity index (χ2n) is 3.64. The first-order valence-electron chi connectivity index (χ1n) is 4.97. The molecule has 1 aliphatic heterocycles. The molecule has 0 amide bonds. The zero-order valence-electron chi connectivity index (χ0n) is 7.87. The Bertz CT molecular complexity index is 277. The summed E-state index contributed by atoms with van der Waals surface area (Å²) in [5.74, 6) is 0. The van der Waals surface area contributed by atoms with Crippen LogP contribution < -0.4 is 10.6 Å². The molecule has 1 heterocycles. The molecule has 0 spiro atoms.